The molecule has 2 rings (SSSR count). The van der Waals surface area contributed by atoms with E-state index < -0.39 is 10.8 Å². The summed E-state index contributed by atoms with van der Waals surface area (Å²) in [4.78, 5) is 1.00. The second-order valence-corrected chi connectivity index (χ2v) is 7.19. The summed E-state index contributed by atoms with van der Waals surface area (Å²) in [6, 6.07) is 6.60. The molecule has 1 N–H and O–H groups in total. The third-order valence-electron chi connectivity index (χ3n) is 4.25. The van der Waals surface area contributed by atoms with Crippen molar-refractivity contribution >= 4 is 10.8 Å². The van der Waals surface area contributed by atoms with E-state index in [2.05, 4.69) is 31.3 Å². The highest BCUT2D eigenvalue weighted by Gasteiger charge is 2.25. The number of nitrogens with one attached hydrogen (secondary N) is 1. The minimum absolute atomic E-state index is 0.393. The van der Waals surface area contributed by atoms with Gasteiger partial charge in [-0.25, -0.2) is 0 Å². The Morgan fingerprint density at radius 2 is 2.00 bits per heavy atom. The Morgan fingerprint density at radius 1 is 1.32 bits per heavy atom. The molecule has 2 unspecified atom stereocenters. The summed E-state index contributed by atoms with van der Waals surface area (Å²) >= 11 is 0. The number of hydrogen-bond acceptors (Lipinski definition) is 2. The zero-order valence-corrected chi connectivity index (χ0v) is 13.1. The van der Waals surface area contributed by atoms with Crippen LogP contribution in [0.3, 0.4) is 0 Å². The molecule has 0 amide bonds. The Balaban J connectivity index is 2.06. The third kappa shape index (κ3) is 3.67. The lowest BCUT2D eigenvalue weighted by Gasteiger charge is -2.22. The summed E-state index contributed by atoms with van der Waals surface area (Å²) in [5, 5.41) is 3.38. The highest BCUT2D eigenvalue weighted by Crippen LogP contribution is 2.28. The van der Waals surface area contributed by atoms with E-state index in [0.29, 0.717) is 12.0 Å². The van der Waals surface area contributed by atoms with E-state index in [1.54, 1.807) is 0 Å². The molecule has 1 aliphatic carbocycles. The van der Waals surface area contributed by atoms with Crippen LogP contribution < -0.4 is 5.32 Å². The lowest BCUT2D eigenvalue weighted by Crippen LogP contribution is -2.37. The van der Waals surface area contributed by atoms with Crippen LogP contribution in [0.15, 0.2) is 23.1 Å². The van der Waals surface area contributed by atoms with Crippen molar-refractivity contribution in [3.8, 4) is 0 Å². The Labute approximate surface area is 119 Å². The van der Waals surface area contributed by atoms with Crippen LogP contribution in [-0.4, -0.2) is 23.1 Å². The van der Waals surface area contributed by atoms with Crippen LogP contribution in [-0.2, 0) is 10.8 Å². The second-order valence-electron chi connectivity index (χ2n) is 5.72. The molecular weight excluding hydrogens is 254 g/mol. The quantitative estimate of drug-likeness (QED) is 0.897. The van der Waals surface area contributed by atoms with Gasteiger partial charge in [-0.05, 0) is 51.3 Å². The van der Waals surface area contributed by atoms with E-state index in [1.165, 1.54) is 31.2 Å². The molecule has 0 saturated heterocycles. The molecule has 3 heteroatoms. The molecule has 0 aliphatic heterocycles. The molecule has 0 spiro atoms. The molecule has 1 aromatic carbocycles. The predicted molar refractivity (Wildman–Crippen MR) is 82.0 cm³/mol. The lowest BCUT2D eigenvalue weighted by molar-refractivity contribution is 0.408. The summed E-state index contributed by atoms with van der Waals surface area (Å²) in [7, 11) is 1.11. The van der Waals surface area contributed by atoms with Gasteiger partial charge in [0, 0.05) is 16.7 Å². The Bertz CT molecular complexity index is 452. The van der Waals surface area contributed by atoms with Crippen molar-refractivity contribution in [2.75, 3.05) is 12.8 Å². The van der Waals surface area contributed by atoms with Gasteiger partial charge >= 0.3 is 0 Å². The molecule has 1 saturated carbocycles. The molecule has 106 valence electrons. The fourth-order valence-electron chi connectivity index (χ4n) is 3.12. The summed E-state index contributed by atoms with van der Waals surface area (Å²) in [6.45, 7) is 4.14. The van der Waals surface area contributed by atoms with Gasteiger partial charge in [0.25, 0.3) is 0 Å². The standard InChI is InChI=1S/C16H25NOS/c1-12-8-9-16(13(2)10-12)19(18)11-15(17-3)14-6-4-5-7-14/h8-10,14-15,17H,4-7,11H2,1-3H3. The SMILES string of the molecule is CNC(CS(=O)c1ccc(C)cc1C)C1CCCC1. The Hall–Kier alpha value is -0.670. The van der Waals surface area contributed by atoms with Gasteiger partial charge in [-0.1, -0.05) is 30.5 Å². The van der Waals surface area contributed by atoms with E-state index in [9.17, 15) is 4.21 Å². The minimum atomic E-state index is -0.892. The topological polar surface area (TPSA) is 29.1 Å². The molecule has 0 heterocycles. The first-order valence-electron chi connectivity index (χ1n) is 7.24. The van der Waals surface area contributed by atoms with E-state index in [-0.39, 0.29) is 0 Å². The van der Waals surface area contributed by atoms with Gasteiger partial charge in [-0.2, -0.15) is 0 Å². The zero-order valence-electron chi connectivity index (χ0n) is 12.2. The summed E-state index contributed by atoms with van der Waals surface area (Å²) in [6.07, 6.45) is 5.24. The summed E-state index contributed by atoms with van der Waals surface area (Å²) in [5.74, 6) is 1.45. The molecule has 1 fully saturated rings. The summed E-state index contributed by atoms with van der Waals surface area (Å²) < 4.78 is 12.6. The molecule has 2 atom stereocenters. The molecule has 1 aliphatic rings. The predicted octanol–water partition coefficient (Wildman–Crippen LogP) is 3.19. The van der Waals surface area contributed by atoms with Crippen LogP contribution in [0.25, 0.3) is 0 Å². The largest absolute Gasteiger partial charge is 0.316 e. The average molecular weight is 279 g/mol. The van der Waals surface area contributed by atoms with Gasteiger partial charge in [0.15, 0.2) is 0 Å². The maximum absolute atomic E-state index is 12.6. The van der Waals surface area contributed by atoms with Gasteiger partial charge in [-0.15, -0.1) is 0 Å². The third-order valence-corrected chi connectivity index (χ3v) is 5.86. The van der Waals surface area contributed by atoms with Crippen molar-refractivity contribution in [2.45, 2.75) is 50.5 Å². The molecule has 19 heavy (non-hydrogen) atoms. The first-order chi connectivity index (χ1) is 9.11. The monoisotopic (exact) mass is 279 g/mol. The first-order valence-corrected chi connectivity index (χ1v) is 8.56. The van der Waals surface area contributed by atoms with Crippen molar-refractivity contribution in [3.05, 3.63) is 29.3 Å². The number of hydrogen-bond donors (Lipinski definition) is 1. The second kappa shape index (κ2) is 6.67. The van der Waals surface area contributed by atoms with Crippen molar-refractivity contribution in [2.24, 2.45) is 5.92 Å². The van der Waals surface area contributed by atoms with E-state index in [4.69, 9.17) is 0 Å². The maximum Gasteiger partial charge on any atom is 0.0548 e. The molecule has 1 aromatic rings. The van der Waals surface area contributed by atoms with Crippen LogP contribution in [0.1, 0.15) is 36.8 Å². The van der Waals surface area contributed by atoms with Crippen LogP contribution >= 0.6 is 0 Å². The van der Waals surface area contributed by atoms with Gasteiger partial charge in [0.1, 0.15) is 0 Å². The van der Waals surface area contributed by atoms with Crippen molar-refractivity contribution in [1.82, 2.24) is 5.32 Å². The van der Waals surface area contributed by atoms with Gasteiger partial charge in [0.05, 0.1) is 10.8 Å². The highest BCUT2D eigenvalue weighted by atomic mass is 32.2. The van der Waals surface area contributed by atoms with Crippen LogP contribution in [0.5, 0.6) is 0 Å². The van der Waals surface area contributed by atoms with Crippen LogP contribution in [0.4, 0.5) is 0 Å². The average Bonchev–Trinajstić information content (AvgIpc) is 2.89. The number of rotatable bonds is 5. The number of aryl methyl sites for hydroxylation is 2. The van der Waals surface area contributed by atoms with Gasteiger partial charge in [-0.3, -0.25) is 4.21 Å². The molecule has 2 nitrogen and oxygen atoms in total. The summed E-state index contributed by atoms with van der Waals surface area (Å²) in [5.41, 5.74) is 2.39. The maximum atomic E-state index is 12.6. The molecular formula is C16H25NOS. The fraction of sp³-hybridized carbons (Fsp3) is 0.625. The fourth-order valence-corrected chi connectivity index (χ4v) is 4.70. The lowest BCUT2D eigenvalue weighted by atomic mass is 10.0. The highest BCUT2D eigenvalue weighted by molar-refractivity contribution is 7.85. The normalized spacial score (nSPS) is 19.5. The molecule has 0 radical (unpaired) electrons. The van der Waals surface area contributed by atoms with E-state index in [1.807, 2.05) is 13.1 Å². The van der Waals surface area contributed by atoms with Gasteiger partial charge < -0.3 is 5.32 Å². The molecule has 0 aromatic heterocycles. The Kier molecular flexibility index (Phi) is 5.17. The van der Waals surface area contributed by atoms with E-state index >= 15 is 0 Å². The van der Waals surface area contributed by atoms with Crippen molar-refractivity contribution in [1.29, 1.82) is 0 Å². The van der Waals surface area contributed by atoms with Crippen molar-refractivity contribution in [3.63, 3.8) is 0 Å². The number of benzene rings is 1. The van der Waals surface area contributed by atoms with Crippen LogP contribution in [0, 0.1) is 19.8 Å². The van der Waals surface area contributed by atoms with E-state index in [0.717, 1.165) is 16.2 Å². The molecule has 0 bridgehead atoms. The first kappa shape index (κ1) is 14.7. The van der Waals surface area contributed by atoms with Gasteiger partial charge in [0.2, 0.25) is 0 Å². The zero-order chi connectivity index (χ0) is 13.8. The Morgan fingerprint density at radius 3 is 2.58 bits per heavy atom. The minimum Gasteiger partial charge on any atom is -0.316 e. The van der Waals surface area contributed by atoms with Crippen LogP contribution in [0.2, 0.25) is 0 Å². The smallest absolute Gasteiger partial charge is 0.0548 e. The van der Waals surface area contributed by atoms with Crippen molar-refractivity contribution < 1.29 is 4.21 Å².